The number of nitrogens with zero attached hydrogens (tertiary/aromatic N) is 7. The normalized spacial score (nSPS) is 17.9. The smallest absolute Gasteiger partial charge is 0.348 e. The number of anilines is 1. The molecule has 1 saturated heterocycles. The van der Waals surface area contributed by atoms with E-state index >= 15 is 0 Å². The van der Waals surface area contributed by atoms with Crippen LogP contribution >= 0.6 is 0 Å². The van der Waals surface area contributed by atoms with Crippen LogP contribution in [0.25, 0.3) is 0 Å². The number of hydrogen-bond donors (Lipinski definition) is 1. The van der Waals surface area contributed by atoms with Crippen molar-refractivity contribution in [3.8, 4) is 0 Å². The SMILES string of the molecule is C=C(/C=C\C=C/C)[C@H]1CN(c2nn(Cc3ccc(CN4CCN(C)CC4)cc3)c(=O)n2CC(N)=O)N=C1c1ccc(CC)cc1. The number of carbonyl (C=O) groups is 1. The molecule has 1 aromatic heterocycles. The van der Waals surface area contributed by atoms with Crippen LogP contribution in [0.2, 0.25) is 0 Å². The summed E-state index contributed by atoms with van der Waals surface area (Å²) in [6.45, 7) is 14.0. The molecule has 10 heteroatoms. The number of amides is 1. The molecule has 45 heavy (non-hydrogen) atoms. The average Bonchev–Trinajstić information content (AvgIpc) is 3.61. The van der Waals surface area contributed by atoms with Crippen molar-refractivity contribution in [2.45, 2.75) is 39.9 Å². The summed E-state index contributed by atoms with van der Waals surface area (Å²) in [5, 5.41) is 11.3. The Balaban J connectivity index is 1.42. The van der Waals surface area contributed by atoms with Crippen LogP contribution in [-0.4, -0.2) is 75.5 Å². The van der Waals surface area contributed by atoms with Gasteiger partial charge in [-0.1, -0.05) is 86.3 Å². The van der Waals surface area contributed by atoms with Crippen LogP contribution in [-0.2, 0) is 30.8 Å². The van der Waals surface area contributed by atoms with Crippen molar-refractivity contribution in [3.05, 3.63) is 118 Å². The maximum absolute atomic E-state index is 13.6. The molecule has 2 aliphatic heterocycles. The molecule has 2 N–H and O–H groups in total. The maximum atomic E-state index is 13.6. The third-order valence-electron chi connectivity index (χ3n) is 8.44. The molecular formula is C35H44N8O2. The second-order valence-electron chi connectivity index (χ2n) is 11.8. The lowest BCUT2D eigenvalue weighted by molar-refractivity contribution is -0.118. The molecule has 10 nitrogen and oxygen atoms in total. The van der Waals surface area contributed by atoms with Gasteiger partial charge in [-0.05, 0) is 48.2 Å². The Bertz CT molecular complexity index is 1640. The molecule has 0 saturated carbocycles. The summed E-state index contributed by atoms with van der Waals surface area (Å²) in [5.41, 5.74) is 11.3. The van der Waals surface area contributed by atoms with Crippen LogP contribution in [0.3, 0.4) is 0 Å². The van der Waals surface area contributed by atoms with Gasteiger partial charge >= 0.3 is 5.69 Å². The summed E-state index contributed by atoms with van der Waals surface area (Å²) in [6, 6.07) is 16.6. The number of benzene rings is 2. The molecule has 0 unspecified atom stereocenters. The number of hydrogen-bond acceptors (Lipinski definition) is 7. The van der Waals surface area contributed by atoms with E-state index < -0.39 is 11.6 Å². The molecule has 236 valence electrons. The third kappa shape index (κ3) is 7.76. The first-order valence-corrected chi connectivity index (χ1v) is 15.6. The van der Waals surface area contributed by atoms with E-state index in [1.54, 1.807) is 5.01 Å². The number of piperazine rings is 1. The lowest BCUT2D eigenvalue weighted by Crippen LogP contribution is -2.43. The van der Waals surface area contributed by atoms with Gasteiger partial charge in [0.05, 0.1) is 18.8 Å². The van der Waals surface area contributed by atoms with Gasteiger partial charge in [-0.25, -0.2) is 14.5 Å². The summed E-state index contributed by atoms with van der Waals surface area (Å²) < 4.78 is 2.69. The van der Waals surface area contributed by atoms with Crippen molar-refractivity contribution in [2.24, 2.45) is 16.8 Å². The summed E-state index contributed by atoms with van der Waals surface area (Å²) in [6.07, 6.45) is 8.79. The maximum Gasteiger partial charge on any atom is 0.348 e. The largest absolute Gasteiger partial charge is 0.368 e. The fourth-order valence-corrected chi connectivity index (χ4v) is 5.70. The van der Waals surface area contributed by atoms with Crippen molar-refractivity contribution < 1.29 is 4.79 Å². The number of rotatable bonds is 12. The second-order valence-corrected chi connectivity index (χ2v) is 11.8. The predicted octanol–water partition coefficient (Wildman–Crippen LogP) is 3.42. The quantitative estimate of drug-likeness (QED) is 0.316. The van der Waals surface area contributed by atoms with Gasteiger partial charge in [0, 0.05) is 38.6 Å². The summed E-state index contributed by atoms with van der Waals surface area (Å²) in [5.74, 6) is -0.491. The highest BCUT2D eigenvalue weighted by Gasteiger charge is 2.33. The second kappa shape index (κ2) is 14.5. The highest BCUT2D eigenvalue weighted by Crippen LogP contribution is 2.29. The highest BCUT2D eigenvalue weighted by atomic mass is 16.2. The number of hydrazone groups is 1. The zero-order valence-electron chi connectivity index (χ0n) is 26.6. The number of nitrogens with two attached hydrogens (primary N) is 1. The molecule has 1 atom stereocenters. The molecule has 1 fully saturated rings. The Morgan fingerprint density at radius 3 is 2.24 bits per heavy atom. The summed E-state index contributed by atoms with van der Waals surface area (Å²) >= 11 is 0. The minimum Gasteiger partial charge on any atom is -0.368 e. The Hall–Kier alpha value is -4.54. The minimum absolute atomic E-state index is 0.144. The van der Waals surface area contributed by atoms with Crippen LogP contribution in [0.4, 0.5) is 5.95 Å². The monoisotopic (exact) mass is 608 g/mol. The van der Waals surface area contributed by atoms with Gasteiger partial charge in [0.25, 0.3) is 0 Å². The van der Waals surface area contributed by atoms with E-state index in [9.17, 15) is 9.59 Å². The van der Waals surface area contributed by atoms with E-state index in [0.717, 1.165) is 61.6 Å². The van der Waals surface area contributed by atoms with Gasteiger partial charge in [0.1, 0.15) is 6.54 Å². The Labute approximate surface area is 265 Å². The molecule has 0 bridgehead atoms. The Morgan fingerprint density at radius 1 is 0.978 bits per heavy atom. The van der Waals surface area contributed by atoms with E-state index in [1.165, 1.54) is 20.4 Å². The minimum atomic E-state index is -0.625. The molecule has 1 amide bonds. The van der Waals surface area contributed by atoms with Crippen molar-refractivity contribution in [3.63, 3.8) is 0 Å². The molecule has 5 rings (SSSR count). The number of likely N-dealkylation sites (N-methyl/N-ethyl adjacent to an activating group) is 1. The summed E-state index contributed by atoms with van der Waals surface area (Å²) in [4.78, 5) is 30.5. The van der Waals surface area contributed by atoms with Crippen molar-refractivity contribution in [1.82, 2.24) is 24.1 Å². The number of aryl methyl sites for hydroxylation is 1. The fraction of sp³-hybridized carbons (Fsp3) is 0.371. The lowest BCUT2D eigenvalue weighted by Gasteiger charge is -2.32. The van der Waals surface area contributed by atoms with Gasteiger partial charge in [-0.2, -0.15) is 5.10 Å². The number of primary amides is 1. The summed E-state index contributed by atoms with van der Waals surface area (Å²) in [7, 11) is 2.16. The van der Waals surface area contributed by atoms with Crippen LogP contribution in [0.1, 0.15) is 36.1 Å². The molecule has 0 radical (unpaired) electrons. The zero-order chi connectivity index (χ0) is 31.9. The molecule has 0 spiro atoms. The van der Waals surface area contributed by atoms with E-state index in [2.05, 4.69) is 66.7 Å². The van der Waals surface area contributed by atoms with Gasteiger partial charge in [-0.15, -0.1) is 5.10 Å². The fourth-order valence-electron chi connectivity index (χ4n) is 5.70. The van der Waals surface area contributed by atoms with Crippen LogP contribution < -0.4 is 16.4 Å². The van der Waals surface area contributed by atoms with Crippen molar-refractivity contribution in [1.29, 1.82) is 0 Å². The first kappa shape index (κ1) is 31.9. The van der Waals surface area contributed by atoms with Crippen molar-refractivity contribution in [2.75, 3.05) is 44.8 Å². The average molecular weight is 609 g/mol. The van der Waals surface area contributed by atoms with Gasteiger partial charge in [0.15, 0.2) is 0 Å². The third-order valence-corrected chi connectivity index (χ3v) is 8.44. The van der Waals surface area contributed by atoms with E-state index in [0.29, 0.717) is 6.54 Å². The number of carbonyl (C=O) groups excluding carboxylic acids is 1. The van der Waals surface area contributed by atoms with E-state index in [-0.39, 0.29) is 25.0 Å². The highest BCUT2D eigenvalue weighted by molar-refractivity contribution is 6.06. The van der Waals surface area contributed by atoms with Gasteiger partial charge < -0.3 is 10.6 Å². The van der Waals surface area contributed by atoms with Crippen LogP contribution in [0.15, 0.2) is 94.9 Å². The molecular weight excluding hydrogens is 564 g/mol. The Morgan fingerprint density at radius 2 is 1.62 bits per heavy atom. The van der Waals surface area contributed by atoms with Gasteiger partial charge in [-0.3, -0.25) is 14.3 Å². The van der Waals surface area contributed by atoms with E-state index in [1.807, 2.05) is 43.4 Å². The van der Waals surface area contributed by atoms with Gasteiger partial charge in [0.2, 0.25) is 11.9 Å². The standard InChI is InChI=1S/C35H44N8O2/c1-5-7-8-9-26(3)31-24-42(37-33(31)30-16-14-27(6-2)15-17-30)34-38-43(35(45)41(34)25-32(36)44)23-29-12-10-28(11-13-29)22-40-20-18-39(4)19-21-40/h5,7-17,31H,3,6,18-25H2,1-2,4H3,(H2,36,44)/b7-5-,9-8-/t31-/m1/s1. The van der Waals surface area contributed by atoms with Crippen LogP contribution in [0, 0.1) is 5.92 Å². The first-order chi connectivity index (χ1) is 21.7. The Kier molecular flexibility index (Phi) is 10.3. The topological polar surface area (TPSA) is 105 Å². The van der Waals surface area contributed by atoms with Crippen molar-refractivity contribution >= 4 is 17.6 Å². The molecule has 2 aromatic carbocycles. The predicted molar refractivity (Wildman–Crippen MR) is 180 cm³/mol. The van der Waals surface area contributed by atoms with Crippen LogP contribution in [0.5, 0.6) is 0 Å². The molecule has 3 aromatic rings. The zero-order valence-corrected chi connectivity index (χ0v) is 26.6. The van der Waals surface area contributed by atoms with E-state index in [4.69, 9.17) is 15.9 Å². The molecule has 0 aliphatic carbocycles. The first-order valence-electron chi connectivity index (χ1n) is 15.6. The number of allylic oxidation sites excluding steroid dienone is 4. The lowest BCUT2D eigenvalue weighted by atomic mass is 9.90. The number of aromatic nitrogens is 3. The molecule has 3 heterocycles. The molecule has 2 aliphatic rings.